The Morgan fingerprint density at radius 1 is 1.29 bits per heavy atom. The number of rotatable bonds is 6. The lowest BCUT2D eigenvalue weighted by molar-refractivity contribution is -0.0515. The minimum Gasteiger partial charge on any atom is -0.493 e. The number of methoxy groups -OCH3 is 1. The molecule has 0 saturated heterocycles. The van der Waals surface area contributed by atoms with Crippen molar-refractivity contribution in [2.24, 2.45) is 0 Å². The Morgan fingerprint density at radius 2 is 2.04 bits per heavy atom. The van der Waals surface area contributed by atoms with Gasteiger partial charge in [-0.3, -0.25) is 4.79 Å². The molecule has 1 amide bonds. The van der Waals surface area contributed by atoms with Gasteiger partial charge in [-0.25, -0.2) is 4.39 Å². The van der Waals surface area contributed by atoms with Gasteiger partial charge in [0.1, 0.15) is 5.82 Å². The lowest BCUT2D eigenvalue weighted by Gasteiger charge is -2.14. The van der Waals surface area contributed by atoms with E-state index in [0.717, 1.165) is 0 Å². The first kappa shape index (κ1) is 18.1. The molecule has 0 aromatic heterocycles. The average molecular weight is 404 g/mol. The molecule has 0 bridgehead atoms. The third-order valence-electron chi connectivity index (χ3n) is 3.03. The Bertz CT molecular complexity index is 720. The topological polar surface area (TPSA) is 47.6 Å². The van der Waals surface area contributed by atoms with Crippen molar-refractivity contribution < 1.29 is 27.4 Å². The Labute approximate surface area is 144 Å². The van der Waals surface area contributed by atoms with E-state index in [2.05, 4.69) is 26.0 Å². The largest absolute Gasteiger partial charge is 0.493 e. The number of carbonyl (C=O) groups is 1. The van der Waals surface area contributed by atoms with Crippen LogP contribution in [0.3, 0.4) is 0 Å². The molecule has 0 saturated carbocycles. The number of para-hydroxylation sites is 1. The van der Waals surface area contributed by atoms with Gasteiger partial charge < -0.3 is 14.8 Å². The number of ether oxygens (including phenoxy) is 2. The van der Waals surface area contributed by atoms with Crippen molar-refractivity contribution in [1.29, 1.82) is 0 Å². The second-order valence-corrected chi connectivity index (χ2v) is 5.59. The second kappa shape index (κ2) is 8.05. The van der Waals surface area contributed by atoms with E-state index in [1.165, 1.54) is 37.4 Å². The van der Waals surface area contributed by atoms with Crippen molar-refractivity contribution in [3.8, 4) is 11.5 Å². The number of alkyl halides is 2. The summed E-state index contributed by atoms with van der Waals surface area (Å²) in [6, 6.07) is 8.38. The Morgan fingerprint density at radius 3 is 2.67 bits per heavy atom. The van der Waals surface area contributed by atoms with Crippen LogP contribution in [0.2, 0.25) is 0 Å². The molecule has 0 aliphatic heterocycles. The quantitative estimate of drug-likeness (QED) is 0.788. The Balaban J connectivity index is 2.20. The molecule has 0 radical (unpaired) electrons. The van der Waals surface area contributed by atoms with Gasteiger partial charge in [0.2, 0.25) is 0 Å². The van der Waals surface area contributed by atoms with Gasteiger partial charge in [-0.15, -0.1) is 0 Å². The van der Waals surface area contributed by atoms with E-state index in [1.807, 2.05) is 0 Å². The molecule has 0 spiro atoms. The van der Waals surface area contributed by atoms with E-state index in [-0.39, 0.29) is 23.6 Å². The molecular formula is C16H13BrF3NO3. The monoisotopic (exact) mass is 403 g/mol. The maximum Gasteiger partial charge on any atom is 0.387 e. The second-order valence-electron chi connectivity index (χ2n) is 4.68. The summed E-state index contributed by atoms with van der Waals surface area (Å²) in [6.45, 7) is -3.09. The number of halogens is 4. The summed E-state index contributed by atoms with van der Waals surface area (Å²) in [5.41, 5.74) is 0.402. The first-order chi connectivity index (χ1) is 11.4. The number of benzene rings is 2. The standard InChI is InChI=1S/C16H13BrF3NO3/c1-23-13-4-2-3-12(14(13)24-16(19)20)15(22)21-8-9-5-10(17)7-11(18)6-9/h2-7,16H,8H2,1H3,(H,21,22). The molecular weight excluding hydrogens is 391 g/mol. The normalized spacial score (nSPS) is 10.6. The zero-order chi connectivity index (χ0) is 17.7. The van der Waals surface area contributed by atoms with Crippen molar-refractivity contribution in [3.05, 3.63) is 57.8 Å². The molecule has 4 nitrogen and oxygen atoms in total. The van der Waals surface area contributed by atoms with Crippen molar-refractivity contribution >= 4 is 21.8 Å². The van der Waals surface area contributed by atoms with Crippen LogP contribution in [0.25, 0.3) is 0 Å². The van der Waals surface area contributed by atoms with Gasteiger partial charge in [-0.05, 0) is 35.9 Å². The van der Waals surface area contributed by atoms with E-state index in [1.54, 1.807) is 6.07 Å². The number of hydrogen-bond acceptors (Lipinski definition) is 3. The molecule has 8 heteroatoms. The van der Waals surface area contributed by atoms with E-state index < -0.39 is 18.3 Å². The smallest absolute Gasteiger partial charge is 0.387 e. The number of hydrogen-bond donors (Lipinski definition) is 1. The minimum atomic E-state index is -3.10. The number of nitrogens with one attached hydrogen (secondary N) is 1. The molecule has 0 fully saturated rings. The molecule has 0 unspecified atom stereocenters. The molecule has 0 atom stereocenters. The molecule has 0 heterocycles. The molecule has 2 aromatic carbocycles. The fourth-order valence-corrected chi connectivity index (χ4v) is 2.57. The van der Waals surface area contributed by atoms with Gasteiger partial charge in [0.05, 0.1) is 12.7 Å². The van der Waals surface area contributed by atoms with Gasteiger partial charge in [-0.2, -0.15) is 8.78 Å². The first-order valence-electron chi connectivity index (χ1n) is 6.75. The van der Waals surface area contributed by atoms with E-state index in [4.69, 9.17) is 4.74 Å². The highest BCUT2D eigenvalue weighted by atomic mass is 79.9. The molecule has 2 rings (SSSR count). The summed E-state index contributed by atoms with van der Waals surface area (Å²) in [4.78, 5) is 12.3. The predicted molar refractivity (Wildman–Crippen MR) is 84.9 cm³/mol. The highest BCUT2D eigenvalue weighted by Gasteiger charge is 2.20. The summed E-state index contributed by atoms with van der Waals surface area (Å²) in [7, 11) is 1.28. The predicted octanol–water partition coefficient (Wildman–Crippen LogP) is 4.13. The van der Waals surface area contributed by atoms with Crippen LogP contribution in [0, 0.1) is 5.82 Å². The van der Waals surface area contributed by atoms with Gasteiger partial charge >= 0.3 is 6.61 Å². The van der Waals surface area contributed by atoms with Crippen LogP contribution >= 0.6 is 15.9 Å². The van der Waals surface area contributed by atoms with E-state index in [9.17, 15) is 18.0 Å². The lowest BCUT2D eigenvalue weighted by Crippen LogP contribution is -2.24. The van der Waals surface area contributed by atoms with Crippen molar-refractivity contribution in [2.45, 2.75) is 13.2 Å². The third-order valence-corrected chi connectivity index (χ3v) is 3.48. The lowest BCUT2D eigenvalue weighted by atomic mass is 10.1. The van der Waals surface area contributed by atoms with Gasteiger partial charge in [0, 0.05) is 11.0 Å². The molecule has 2 aromatic rings. The number of amides is 1. The molecule has 24 heavy (non-hydrogen) atoms. The Kier molecular flexibility index (Phi) is 6.08. The molecule has 0 aliphatic rings. The molecule has 0 aliphatic carbocycles. The van der Waals surface area contributed by atoms with Crippen LogP contribution in [0.4, 0.5) is 13.2 Å². The minimum absolute atomic E-state index is 0.0106. The fraction of sp³-hybridized carbons (Fsp3) is 0.188. The highest BCUT2D eigenvalue weighted by molar-refractivity contribution is 9.10. The summed E-state index contributed by atoms with van der Waals surface area (Å²) < 4.78 is 48.3. The van der Waals surface area contributed by atoms with Gasteiger partial charge in [0.25, 0.3) is 5.91 Å². The molecule has 1 N–H and O–H groups in total. The van der Waals surface area contributed by atoms with Crippen LogP contribution in [0.1, 0.15) is 15.9 Å². The SMILES string of the molecule is COc1cccc(C(=O)NCc2cc(F)cc(Br)c2)c1OC(F)F. The highest BCUT2D eigenvalue weighted by Crippen LogP contribution is 2.32. The zero-order valence-electron chi connectivity index (χ0n) is 12.5. The van der Waals surface area contributed by atoms with Crippen LogP contribution in [0.5, 0.6) is 11.5 Å². The summed E-state index contributed by atoms with van der Waals surface area (Å²) in [6.07, 6.45) is 0. The van der Waals surface area contributed by atoms with E-state index in [0.29, 0.717) is 10.0 Å². The van der Waals surface area contributed by atoms with Crippen LogP contribution < -0.4 is 14.8 Å². The van der Waals surface area contributed by atoms with Crippen molar-refractivity contribution in [3.63, 3.8) is 0 Å². The summed E-state index contributed by atoms with van der Waals surface area (Å²) >= 11 is 3.15. The van der Waals surface area contributed by atoms with Crippen LogP contribution in [-0.4, -0.2) is 19.6 Å². The Hall–Kier alpha value is -2.22. The van der Waals surface area contributed by atoms with Crippen LogP contribution in [0.15, 0.2) is 40.9 Å². The number of carbonyl (C=O) groups excluding carboxylic acids is 1. The van der Waals surface area contributed by atoms with Gasteiger partial charge in [0.15, 0.2) is 11.5 Å². The third kappa shape index (κ3) is 4.64. The maximum atomic E-state index is 13.3. The van der Waals surface area contributed by atoms with Crippen LogP contribution in [-0.2, 0) is 6.54 Å². The molecule has 128 valence electrons. The van der Waals surface area contributed by atoms with Crippen molar-refractivity contribution in [2.75, 3.05) is 7.11 Å². The zero-order valence-corrected chi connectivity index (χ0v) is 14.1. The van der Waals surface area contributed by atoms with Crippen molar-refractivity contribution in [1.82, 2.24) is 5.32 Å². The fourth-order valence-electron chi connectivity index (χ4n) is 2.06. The maximum absolute atomic E-state index is 13.3. The van der Waals surface area contributed by atoms with Gasteiger partial charge in [-0.1, -0.05) is 22.0 Å². The summed E-state index contributed by atoms with van der Waals surface area (Å²) in [5, 5.41) is 2.53. The summed E-state index contributed by atoms with van der Waals surface area (Å²) in [5.74, 6) is -1.45. The first-order valence-corrected chi connectivity index (χ1v) is 7.55. The average Bonchev–Trinajstić information content (AvgIpc) is 2.51. The van der Waals surface area contributed by atoms with E-state index >= 15 is 0 Å².